The van der Waals surface area contributed by atoms with Gasteiger partial charge in [-0.3, -0.25) is 0 Å². The van der Waals surface area contributed by atoms with Crippen LogP contribution in [-0.2, 0) is 23.0 Å². The summed E-state index contributed by atoms with van der Waals surface area (Å²) in [5.74, 6) is 1.30. The largest absolute Gasteiger partial charge is 0.244 e. The second kappa shape index (κ2) is 7.47. The predicted molar refractivity (Wildman–Crippen MR) is 99.1 cm³/mol. The Labute approximate surface area is 151 Å². The van der Waals surface area contributed by atoms with Gasteiger partial charge >= 0.3 is 0 Å². The molecule has 6 nitrogen and oxygen atoms in total. The van der Waals surface area contributed by atoms with Crippen LogP contribution in [0.5, 0.6) is 0 Å². The Morgan fingerprint density at radius 3 is 2.60 bits per heavy atom. The minimum Gasteiger partial charge on any atom is -0.244 e. The van der Waals surface area contributed by atoms with Gasteiger partial charge in [0.15, 0.2) is 5.82 Å². The first-order valence-corrected chi connectivity index (χ1v) is 10.6. The van der Waals surface area contributed by atoms with E-state index in [1.165, 1.54) is 4.88 Å². The Bertz CT molecular complexity index is 919. The van der Waals surface area contributed by atoms with E-state index >= 15 is 0 Å². The third-order valence-electron chi connectivity index (χ3n) is 3.61. The molecular weight excluding hydrogens is 356 g/mol. The predicted octanol–water partition coefficient (Wildman–Crippen LogP) is 2.59. The van der Waals surface area contributed by atoms with E-state index in [2.05, 4.69) is 14.8 Å². The molecule has 0 aliphatic carbocycles. The molecule has 0 saturated heterocycles. The molecule has 132 valence electrons. The van der Waals surface area contributed by atoms with Gasteiger partial charge in [-0.1, -0.05) is 36.4 Å². The fraction of sp³-hybridized carbons (Fsp3) is 0.294. The molecule has 1 aromatic carbocycles. The zero-order valence-electron chi connectivity index (χ0n) is 14.1. The summed E-state index contributed by atoms with van der Waals surface area (Å²) in [7, 11) is -3.33. The van der Waals surface area contributed by atoms with E-state index in [1.807, 2.05) is 47.8 Å². The maximum Gasteiger partial charge on any atom is 0.209 e. The van der Waals surface area contributed by atoms with Crippen LogP contribution >= 0.6 is 11.3 Å². The highest BCUT2D eigenvalue weighted by atomic mass is 32.2. The maximum atomic E-state index is 11.6. The SMILES string of the molecule is C[C@@H](NS(C)(=O)=O)c1nc(Cc2cccs2)nn1Cc1ccccc1. The van der Waals surface area contributed by atoms with Crippen LogP contribution in [0.2, 0.25) is 0 Å². The molecule has 0 unspecified atom stereocenters. The van der Waals surface area contributed by atoms with Crippen molar-refractivity contribution in [3.63, 3.8) is 0 Å². The lowest BCUT2D eigenvalue weighted by Crippen LogP contribution is -2.28. The molecule has 3 aromatic rings. The molecule has 0 amide bonds. The number of thiophene rings is 1. The van der Waals surface area contributed by atoms with Gasteiger partial charge in [-0.15, -0.1) is 11.3 Å². The summed E-state index contributed by atoms with van der Waals surface area (Å²) in [4.78, 5) is 5.77. The third kappa shape index (κ3) is 4.97. The smallest absolute Gasteiger partial charge is 0.209 e. The van der Waals surface area contributed by atoms with Gasteiger partial charge < -0.3 is 0 Å². The van der Waals surface area contributed by atoms with Gasteiger partial charge in [0.1, 0.15) is 5.82 Å². The Balaban J connectivity index is 1.90. The molecule has 0 aliphatic heterocycles. The van der Waals surface area contributed by atoms with Crippen molar-refractivity contribution in [3.8, 4) is 0 Å². The first kappa shape index (κ1) is 17.8. The van der Waals surface area contributed by atoms with Gasteiger partial charge in [-0.25, -0.2) is 22.8 Å². The average Bonchev–Trinajstić information content (AvgIpc) is 3.17. The number of rotatable bonds is 7. The van der Waals surface area contributed by atoms with Crippen LogP contribution in [0.1, 0.15) is 35.1 Å². The zero-order chi connectivity index (χ0) is 17.9. The highest BCUT2D eigenvalue weighted by Crippen LogP contribution is 2.17. The second-order valence-corrected chi connectivity index (χ2v) is 8.71. The maximum absolute atomic E-state index is 11.6. The van der Waals surface area contributed by atoms with E-state index in [1.54, 1.807) is 22.9 Å². The number of nitrogens with zero attached hydrogens (tertiary/aromatic N) is 3. The molecular formula is C17H20N4O2S2. The second-order valence-electron chi connectivity index (χ2n) is 5.90. The van der Waals surface area contributed by atoms with Gasteiger partial charge in [0.25, 0.3) is 0 Å². The van der Waals surface area contributed by atoms with Crippen molar-refractivity contribution in [1.82, 2.24) is 19.5 Å². The average molecular weight is 377 g/mol. The van der Waals surface area contributed by atoms with Gasteiger partial charge in [0.05, 0.1) is 18.8 Å². The number of hydrogen-bond donors (Lipinski definition) is 1. The fourth-order valence-corrected chi connectivity index (χ4v) is 4.06. The quantitative estimate of drug-likeness (QED) is 0.688. The van der Waals surface area contributed by atoms with E-state index in [0.29, 0.717) is 24.6 Å². The van der Waals surface area contributed by atoms with Gasteiger partial charge in [-0.05, 0) is 23.9 Å². The van der Waals surface area contributed by atoms with E-state index < -0.39 is 16.1 Å². The number of nitrogens with one attached hydrogen (secondary N) is 1. The molecule has 0 spiro atoms. The molecule has 0 saturated carbocycles. The van der Waals surface area contributed by atoms with E-state index in [-0.39, 0.29) is 0 Å². The van der Waals surface area contributed by atoms with Gasteiger partial charge in [-0.2, -0.15) is 5.10 Å². The van der Waals surface area contributed by atoms with E-state index in [0.717, 1.165) is 11.8 Å². The molecule has 2 aromatic heterocycles. The first-order chi connectivity index (χ1) is 11.9. The lowest BCUT2D eigenvalue weighted by molar-refractivity contribution is 0.541. The molecule has 1 N–H and O–H groups in total. The molecule has 3 rings (SSSR count). The molecule has 0 radical (unpaired) electrons. The van der Waals surface area contributed by atoms with Crippen molar-refractivity contribution in [2.24, 2.45) is 0 Å². The molecule has 25 heavy (non-hydrogen) atoms. The van der Waals surface area contributed by atoms with Crippen LogP contribution in [0.25, 0.3) is 0 Å². The molecule has 8 heteroatoms. The summed E-state index contributed by atoms with van der Waals surface area (Å²) in [5.41, 5.74) is 1.09. The summed E-state index contributed by atoms with van der Waals surface area (Å²) in [6, 6.07) is 13.5. The number of aromatic nitrogens is 3. The van der Waals surface area contributed by atoms with E-state index in [9.17, 15) is 8.42 Å². The third-order valence-corrected chi connectivity index (χ3v) is 5.27. The van der Waals surface area contributed by atoms with Crippen molar-refractivity contribution >= 4 is 21.4 Å². The van der Waals surface area contributed by atoms with Crippen LogP contribution in [0.3, 0.4) is 0 Å². The molecule has 1 atom stereocenters. The Kier molecular flexibility index (Phi) is 5.31. The summed E-state index contributed by atoms with van der Waals surface area (Å²) in [6.45, 7) is 2.32. The summed E-state index contributed by atoms with van der Waals surface area (Å²) >= 11 is 1.65. The fourth-order valence-electron chi connectivity index (χ4n) is 2.61. The van der Waals surface area contributed by atoms with Crippen LogP contribution in [-0.4, -0.2) is 29.4 Å². The standard InChI is InChI=1S/C17H20N4O2S2/c1-13(20-25(2,22)23)17-18-16(11-15-9-6-10-24-15)19-21(17)12-14-7-4-3-5-8-14/h3-10,13,20H,11-12H2,1-2H3/t13-/m1/s1. The number of benzene rings is 1. The lowest BCUT2D eigenvalue weighted by atomic mass is 10.2. The van der Waals surface area contributed by atoms with Crippen molar-refractivity contribution in [1.29, 1.82) is 0 Å². The van der Waals surface area contributed by atoms with Gasteiger partial charge in [0.2, 0.25) is 10.0 Å². The molecule has 2 heterocycles. The number of sulfonamides is 1. The minimum atomic E-state index is -3.33. The molecule has 0 bridgehead atoms. The van der Waals surface area contributed by atoms with E-state index in [4.69, 9.17) is 0 Å². The minimum absolute atomic E-state index is 0.455. The van der Waals surface area contributed by atoms with Crippen molar-refractivity contribution in [3.05, 3.63) is 69.9 Å². The monoisotopic (exact) mass is 376 g/mol. The Morgan fingerprint density at radius 1 is 1.20 bits per heavy atom. The zero-order valence-corrected chi connectivity index (χ0v) is 15.7. The normalized spacial score (nSPS) is 13.0. The van der Waals surface area contributed by atoms with Crippen molar-refractivity contribution in [2.45, 2.75) is 25.9 Å². The Hall–Kier alpha value is -2.03. The highest BCUT2D eigenvalue weighted by molar-refractivity contribution is 7.88. The van der Waals surface area contributed by atoms with Crippen LogP contribution in [0.15, 0.2) is 47.8 Å². The van der Waals surface area contributed by atoms with Crippen molar-refractivity contribution < 1.29 is 8.42 Å². The molecule has 0 fully saturated rings. The van der Waals surface area contributed by atoms with Crippen LogP contribution < -0.4 is 4.72 Å². The van der Waals surface area contributed by atoms with Crippen LogP contribution in [0.4, 0.5) is 0 Å². The van der Waals surface area contributed by atoms with Crippen LogP contribution in [0, 0.1) is 0 Å². The summed E-state index contributed by atoms with van der Waals surface area (Å²) < 4.78 is 27.5. The van der Waals surface area contributed by atoms with Gasteiger partial charge in [0, 0.05) is 11.3 Å². The summed E-state index contributed by atoms with van der Waals surface area (Å²) in [6.07, 6.45) is 1.78. The first-order valence-electron chi connectivity index (χ1n) is 7.88. The molecule has 0 aliphatic rings. The van der Waals surface area contributed by atoms with Crippen molar-refractivity contribution in [2.75, 3.05) is 6.26 Å². The topological polar surface area (TPSA) is 76.9 Å². The summed E-state index contributed by atoms with van der Waals surface area (Å²) in [5, 5.41) is 6.63. The Morgan fingerprint density at radius 2 is 1.96 bits per heavy atom. The number of hydrogen-bond acceptors (Lipinski definition) is 5. The lowest BCUT2D eigenvalue weighted by Gasteiger charge is -2.13. The highest BCUT2D eigenvalue weighted by Gasteiger charge is 2.20.